The molecular formula is C17H22N2O. The first-order valence-corrected chi connectivity index (χ1v) is 6.92. The van der Waals surface area contributed by atoms with Crippen LogP contribution >= 0.6 is 0 Å². The molecule has 1 atom stereocenters. The lowest BCUT2D eigenvalue weighted by Crippen LogP contribution is -2.16. The standard InChI is InChI=1S/C17H22N2O/c1-5-13-10-19-7-6-14(13)17(18)15-8-12(3)16(20-4)9-11(15)2/h6-10,17H,5,18H2,1-4H3. The molecular weight excluding hydrogens is 248 g/mol. The second-order valence-electron chi connectivity index (χ2n) is 5.08. The Hall–Kier alpha value is -1.87. The third kappa shape index (κ3) is 2.68. The van der Waals surface area contributed by atoms with Gasteiger partial charge in [-0.1, -0.05) is 13.0 Å². The molecule has 2 N–H and O–H groups in total. The fourth-order valence-electron chi connectivity index (χ4n) is 2.57. The molecule has 0 aliphatic rings. The van der Waals surface area contributed by atoms with Gasteiger partial charge >= 0.3 is 0 Å². The lowest BCUT2D eigenvalue weighted by molar-refractivity contribution is 0.411. The van der Waals surface area contributed by atoms with Gasteiger partial charge in [-0.3, -0.25) is 4.98 Å². The van der Waals surface area contributed by atoms with E-state index in [1.807, 2.05) is 19.2 Å². The summed E-state index contributed by atoms with van der Waals surface area (Å²) in [5.41, 5.74) is 12.2. The molecule has 0 aliphatic heterocycles. The number of methoxy groups -OCH3 is 1. The number of hydrogen-bond acceptors (Lipinski definition) is 3. The maximum Gasteiger partial charge on any atom is 0.122 e. The first kappa shape index (κ1) is 14.5. The van der Waals surface area contributed by atoms with Crippen LogP contribution in [0.25, 0.3) is 0 Å². The van der Waals surface area contributed by atoms with Crippen molar-refractivity contribution in [3.8, 4) is 5.75 Å². The van der Waals surface area contributed by atoms with Crippen LogP contribution in [0.15, 0.2) is 30.6 Å². The van der Waals surface area contributed by atoms with Gasteiger partial charge in [0.1, 0.15) is 5.75 Å². The Morgan fingerprint density at radius 1 is 1.20 bits per heavy atom. The average Bonchev–Trinajstić information content (AvgIpc) is 2.48. The van der Waals surface area contributed by atoms with Crippen molar-refractivity contribution in [3.63, 3.8) is 0 Å². The monoisotopic (exact) mass is 270 g/mol. The zero-order chi connectivity index (χ0) is 14.7. The highest BCUT2D eigenvalue weighted by atomic mass is 16.5. The van der Waals surface area contributed by atoms with Gasteiger partial charge in [0.2, 0.25) is 0 Å². The van der Waals surface area contributed by atoms with E-state index in [4.69, 9.17) is 10.5 Å². The Bertz CT molecular complexity index is 608. The van der Waals surface area contributed by atoms with Gasteiger partial charge in [-0.15, -0.1) is 0 Å². The first-order valence-electron chi connectivity index (χ1n) is 6.92. The van der Waals surface area contributed by atoms with Gasteiger partial charge in [0.05, 0.1) is 13.2 Å². The van der Waals surface area contributed by atoms with Crippen LogP contribution in [0.4, 0.5) is 0 Å². The molecule has 0 fully saturated rings. The number of nitrogens with zero attached hydrogens (tertiary/aromatic N) is 1. The van der Waals surface area contributed by atoms with E-state index in [1.54, 1.807) is 13.3 Å². The SMILES string of the molecule is CCc1cnccc1C(N)c1cc(C)c(OC)cc1C. The number of benzene rings is 1. The molecule has 20 heavy (non-hydrogen) atoms. The molecule has 0 radical (unpaired) electrons. The summed E-state index contributed by atoms with van der Waals surface area (Å²) >= 11 is 0. The number of hydrogen-bond donors (Lipinski definition) is 1. The minimum absolute atomic E-state index is 0.127. The molecule has 0 spiro atoms. The fraction of sp³-hybridized carbons (Fsp3) is 0.353. The maximum absolute atomic E-state index is 6.49. The van der Waals surface area contributed by atoms with E-state index in [-0.39, 0.29) is 6.04 Å². The summed E-state index contributed by atoms with van der Waals surface area (Å²) in [5.74, 6) is 0.906. The van der Waals surface area contributed by atoms with Crippen molar-refractivity contribution in [3.05, 3.63) is 58.4 Å². The van der Waals surface area contributed by atoms with E-state index in [1.165, 1.54) is 5.56 Å². The van der Waals surface area contributed by atoms with Crippen molar-refractivity contribution in [2.75, 3.05) is 7.11 Å². The second-order valence-corrected chi connectivity index (χ2v) is 5.08. The van der Waals surface area contributed by atoms with Crippen molar-refractivity contribution < 1.29 is 4.74 Å². The van der Waals surface area contributed by atoms with Crippen LogP contribution in [0.5, 0.6) is 5.75 Å². The second kappa shape index (κ2) is 6.06. The van der Waals surface area contributed by atoms with Crippen LogP contribution in [0.3, 0.4) is 0 Å². The van der Waals surface area contributed by atoms with Crippen molar-refractivity contribution in [1.29, 1.82) is 0 Å². The molecule has 0 saturated heterocycles. The van der Waals surface area contributed by atoms with E-state index in [9.17, 15) is 0 Å². The van der Waals surface area contributed by atoms with E-state index >= 15 is 0 Å². The zero-order valence-corrected chi connectivity index (χ0v) is 12.6. The van der Waals surface area contributed by atoms with Gasteiger partial charge in [0.15, 0.2) is 0 Å². The van der Waals surface area contributed by atoms with Gasteiger partial charge in [0, 0.05) is 12.4 Å². The minimum atomic E-state index is -0.127. The number of pyridine rings is 1. The van der Waals surface area contributed by atoms with Crippen molar-refractivity contribution in [2.24, 2.45) is 5.73 Å². The molecule has 0 saturated carbocycles. The largest absolute Gasteiger partial charge is 0.496 e. The molecule has 0 bridgehead atoms. The highest BCUT2D eigenvalue weighted by molar-refractivity contribution is 5.46. The maximum atomic E-state index is 6.49. The highest BCUT2D eigenvalue weighted by Crippen LogP contribution is 2.30. The Morgan fingerprint density at radius 3 is 2.60 bits per heavy atom. The normalized spacial score (nSPS) is 12.2. The van der Waals surface area contributed by atoms with Gasteiger partial charge < -0.3 is 10.5 Å². The van der Waals surface area contributed by atoms with Crippen molar-refractivity contribution in [2.45, 2.75) is 33.2 Å². The summed E-state index contributed by atoms with van der Waals surface area (Å²) in [7, 11) is 1.69. The smallest absolute Gasteiger partial charge is 0.122 e. The predicted octanol–water partition coefficient (Wildman–Crippen LogP) is 3.32. The van der Waals surface area contributed by atoms with E-state index in [0.29, 0.717) is 0 Å². The summed E-state index contributed by atoms with van der Waals surface area (Å²) in [4.78, 5) is 4.18. The van der Waals surface area contributed by atoms with Gasteiger partial charge in [-0.2, -0.15) is 0 Å². The number of aromatic nitrogens is 1. The molecule has 0 aliphatic carbocycles. The highest BCUT2D eigenvalue weighted by Gasteiger charge is 2.16. The van der Waals surface area contributed by atoms with Gasteiger partial charge in [-0.25, -0.2) is 0 Å². The first-order chi connectivity index (χ1) is 9.58. The van der Waals surface area contributed by atoms with E-state index in [2.05, 4.69) is 31.0 Å². The number of rotatable bonds is 4. The molecule has 2 rings (SSSR count). The lowest BCUT2D eigenvalue weighted by Gasteiger charge is -2.19. The van der Waals surface area contributed by atoms with E-state index in [0.717, 1.165) is 34.4 Å². The summed E-state index contributed by atoms with van der Waals surface area (Å²) in [6, 6.07) is 6.07. The van der Waals surface area contributed by atoms with E-state index < -0.39 is 0 Å². The molecule has 1 aromatic heterocycles. The van der Waals surface area contributed by atoms with Gasteiger partial charge in [0.25, 0.3) is 0 Å². The summed E-state index contributed by atoms with van der Waals surface area (Å²) in [5, 5.41) is 0. The molecule has 106 valence electrons. The quantitative estimate of drug-likeness (QED) is 0.927. The minimum Gasteiger partial charge on any atom is -0.496 e. The van der Waals surface area contributed by atoms with Crippen LogP contribution in [0, 0.1) is 13.8 Å². The topological polar surface area (TPSA) is 48.1 Å². The average molecular weight is 270 g/mol. The van der Waals surface area contributed by atoms with Crippen LogP contribution in [-0.4, -0.2) is 12.1 Å². The molecule has 1 heterocycles. The molecule has 2 aromatic rings. The molecule has 3 heteroatoms. The summed E-state index contributed by atoms with van der Waals surface area (Å²) in [6.45, 7) is 6.24. The third-order valence-electron chi connectivity index (χ3n) is 3.78. The van der Waals surface area contributed by atoms with Crippen molar-refractivity contribution in [1.82, 2.24) is 4.98 Å². The van der Waals surface area contributed by atoms with Gasteiger partial charge in [-0.05, 0) is 60.2 Å². The number of ether oxygens (including phenoxy) is 1. The lowest BCUT2D eigenvalue weighted by atomic mass is 9.91. The Morgan fingerprint density at radius 2 is 1.95 bits per heavy atom. The molecule has 3 nitrogen and oxygen atoms in total. The number of aryl methyl sites for hydroxylation is 3. The summed E-state index contributed by atoms with van der Waals surface area (Å²) in [6.07, 6.45) is 4.64. The Kier molecular flexibility index (Phi) is 4.40. The summed E-state index contributed by atoms with van der Waals surface area (Å²) < 4.78 is 5.36. The van der Waals surface area contributed by atoms with Crippen LogP contribution in [-0.2, 0) is 6.42 Å². The Labute approximate surface area is 120 Å². The molecule has 1 aromatic carbocycles. The zero-order valence-electron chi connectivity index (χ0n) is 12.6. The predicted molar refractivity (Wildman–Crippen MR) is 82.1 cm³/mol. The fourth-order valence-corrected chi connectivity index (χ4v) is 2.57. The van der Waals surface area contributed by atoms with Crippen LogP contribution in [0.1, 0.15) is 40.8 Å². The van der Waals surface area contributed by atoms with Crippen LogP contribution < -0.4 is 10.5 Å². The molecule has 1 unspecified atom stereocenters. The van der Waals surface area contributed by atoms with Crippen LogP contribution in [0.2, 0.25) is 0 Å². The molecule has 0 amide bonds. The van der Waals surface area contributed by atoms with Crippen molar-refractivity contribution >= 4 is 0 Å². The number of nitrogens with two attached hydrogens (primary N) is 1. The third-order valence-corrected chi connectivity index (χ3v) is 3.78. The Balaban J connectivity index is 2.48.